The third-order valence-electron chi connectivity index (χ3n) is 3.13. The maximum Gasteiger partial charge on any atom is 0.247 e. The van der Waals surface area contributed by atoms with Crippen molar-refractivity contribution in [2.75, 3.05) is 19.7 Å². The number of hydrogen-bond acceptors (Lipinski definition) is 3. The third-order valence-corrected chi connectivity index (χ3v) is 5.11. The van der Waals surface area contributed by atoms with Crippen molar-refractivity contribution < 1.29 is 22.3 Å². The lowest BCUT2D eigenvalue weighted by Gasteiger charge is -2.17. The molecule has 0 spiro atoms. The normalized spacial score (nSPS) is 15.8. The Morgan fingerprint density at radius 1 is 1.24 bits per heavy atom. The SMILES string of the molecule is O=S(=O)(c1c(F)cc(F)cc1C#CCCO)N1CCCC1. The van der Waals surface area contributed by atoms with Gasteiger partial charge < -0.3 is 5.11 Å². The molecular formula is C14H15F2NO3S. The van der Waals surface area contributed by atoms with Crippen molar-refractivity contribution in [3.63, 3.8) is 0 Å². The van der Waals surface area contributed by atoms with Crippen LogP contribution < -0.4 is 0 Å². The molecule has 21 heavy (non-hydrogen) atoms. The molecule has 0 aliphatic carbocycles. The molecule has 1 aliphatic heterocycles. The van der Waals surface area contributed by atoms with Gasteiger partial charge in [0, 0.05) is 25.6 Å². The van der Waals surface area contributed by atoms with E-state index in [1.165, 1.54) is 4.31 Å². The summed E-state index contributed by atoms with van der Waals surface area (Å²) in [4.78, 5) is -0.587. The molecule has 0 unspecified atom stereocenters. The third kappa shape index (κ3) is 3.40. The first-order chi connectivity index (χ1) is 9.96. The Labute approximate surface area is 122 Å². The van der Waals surface area contributed by atoms with E-state index in [1.807, 2.05) is 0 Å². The molecule has 0 atom stereocenters. The van der Waals surface area contributed by atoms with Gasteiger partial charge in [0.25, 0.3) is 0 Å². The number of sulfonamides is 1. The monoisotopic (exact) mass is 315 g/mol. The summed E-state index contributed by atoms with van der Waals surface area (Å²) >= 11 is 0. The summed E-state index contributed by atoms with van der Waals surface area (Å²) in [5.41, 5.74) is -0.215. The zero-order valence-corrected chi connectivity index (χ0v) is 12.1. The van der Waals surface area contributed by atoms with Gasteiger partial charge in [0.1, 0.15) is 16.5 Å². The summed E-state index contributed by atoms with van der Waals surface area (Å²) in [6, 6.07) is 1.44. The minimum Gasteiger partial charge on any atom is -0.395 e. The lowest BCUT2D eigenvalue weighted by atomic mass is 10.2. The van der Waals surface area contributed by atoms with E-state index in [1.54, 1.807) is 0 Å². The summed E-state index contributed by atoms with van der Waals surface area (Å²) in [5, 5.41) is 8.68. The molecule has 1 aromatic carbocycles. The van der Waals surface area contributed by atoms with Gasteiger partial charge in [-0.15, -0.1) is 0 Å². The molecule has 0 bridgehead atoms. The maximum atomic E-state index is 14.0. The molecule has 114 valence electrons. The van der Waals surface area contributed by atoms with Crippen LogP contribution in [0.4, 0.5) is 8.78 Å². The fourth-order valence-electron chi connectivity index (χ4n) is 2.19. The summed E-state index contributed by atoms with van der Waals surface area (Å²) in [7, 11) is -4.03. The van der Waals surface area contributed by atoms with Gasteiger partial charge >= 0.3 is 0 Å². The number of rotatable bonds is 3. The zero-order chi connectivity index (χ0) is 15.5. The van der Waals surface area contributed by atoms with Crippen LogP contribution in [0.5, 0.6) is 0 Å². The van der Waals surface area contributed by atoms with E-state index in [9.17, 15) is 17.2 Å². The fraction of sp³-hybridized carbons (Fsp3) is 0.429. The summed E-state index contributed by atoms with van der Waals surface area (Å²) in [6.45, 7) is 0.435. The van der Waals surface area contributed by atoms with E-state index in [-0.39, 0.29) is 18.6 Å². The van der Waals surface area contributed by atoms with Gasteiger partial charge in [-0.05, 0) is 18.9 Å². The molecule has 1 heterocycles. The largest absolute Gasteiger partial charge is 0.395 e. The molecule has 4 nitrogen and oxygen atoms in total. The van der Waals surface area contributed by atoms with Crippen LogP contribution in [0.1, 0.15) is 24.8 Å². The Morgan fingerprint density at radius 3 is 2.52 bits per heavy atom. The van der Waals surface area contributed by atoms with Crippen molar-refractivity contribution in [3.05, 3.63) is 29.3 Å². The average molecular weight is 315 g/mol. The Morgan fingerprint density at radius 2 is 1.90 bits per heavy atom. The second-order valence-electron chi connectivity index (χ2n) is 4.65. The van der Waals surface area contributed by atoms with Crippen LogP contribution >= 0.6 is 0 Å². The number of nitrogens with zero attached hydrogens (tertiary/aromatic N) is 1. The average Bonchev–Trinajstić information content (AvgIpc) is 2.92. The Balaban J connectivity index is 2.54. The van der Waals surface area contributed by atoms with Crippen molar-refractivity contribution in [1.82, 2.24) is 4.31 Å². The molecular weight excluding hydrogens is 300 g/mol. The minimum atomic E-state index is -4.03. The highest BCUT2D eigenvalue weighted by molar-refractivity contribution is 7.89. The Hall–Kier alpha value is -1.49. The van der Waals surface area contributed by atoms with Crippen LogP contribution in [-0.2, 0) is 10.0 Å². The summed E-state index contributed by atoms with van der Waals surface area (Å²) < 4.78 is 53.4. The van der Waals surface area contributed by atoms with E-state index >= 15 is 0 Å². The van der Waals surface area contributed by atoms with Crippen molar-refractivity contribution in [3.8, 4) is 11.8 Å². The summed E-state index contributed by atoms with van der Waals surface area (Å²) in [5.74, 6) is 2.89. The molecule has 1 N–H and O–H groups in total. The highest BCUT2D eigenvalue weighted by Crippen LogP contribution is 2.27. The molecule has 0 amide bonds. The topological polar surface area (TPSA) is 57.6 Å². The number of hydrogen-bond donors (Lipinski definition) is 1. The second kappa shape index (κ2) is 6.52. The van der Waals surface area contributed by atoms with E-state index in [4.69, 9.17) is 5.11 Å². The highest BCUT2D eigenvalue weighted by Gasteiger charge is 2.32. The standard InChI is InChI=1S/C14H15F2NO3S/c15-12-9-11(5-1-4-8-18)14(13(16)10-12)21(19,20)17-6-2-3-7-17/h9-10,18H,2-4,6-8H2. The number of benzene rings is 1. The van der Waals surface area contributed by atoms with Crippen molar-refractivity contribution in [2.24, 2.45) is 0 Å². The molecule has 7 heteroatoms. The number of aliphatic hydroxyl groups excluding tert-OH is 1. The molecule has 2 rings (SSSR count). The van der Waals surface area contributed by atoms with Gasteiger partial charge in [0.2, 0.25) is 10.0 Å². The first-order valence-corrected chi connectivity index (χ1v) is 7.99. The van der Waals surface area contributed by atoms with Crippen LogP contribution in [0, 0.1) is 23.5 Å². The van der Waals surface area contributed by atoms with E-state index in [0.29, 0.717) is 32.0 Å². The fourth-order valence-corrected chi connectivity index (χ4v) is 3.88. The molecule has 1 fully saturated rings. The van der Waals surface area contributed by atoms with Crippen LogP contribution in [-0.4, -0.2) is 37.5 Å². The number of aliphatic hydroxyl groups is 1. The highest BCUT2D eigenvalue weighted by atomic mass is 32.2. The van der Waals surface area contributed by atoms with Crippen LogP contribution in [0.2, 0.25) is 0 Å². The van der Waals surface area contributed by atoms with Crippen molar-refractivity contribution in [1.29, 1.82) is 0 Å². The molecule has 1 saturated heterocycles. The summed E-state index contributed by atoms with van der Waals surface area (Å²) in [6.07, 6.45) is 1.53. The van der Waals surface area contributed by atoms with E-state index in [2.05, 4.69) is 11.8 Å². The van der Waals surface area contributed by atoms with Crippen molar-refractivity contribution in [2.45, 2.75) is 24.2 Å². The van der Waals surface area contributed by atoms with Gasteiger partial charge in [-0.1, -0.05) is 11.8 Å². The van der Waals surface area contributed by atoms with Gasteiger partial charge in [-0.3, -0.25) is 0 Å². The predicted molar refractivity (Wildman–Crippen MR) is 72.9 cm³/mol. The Kier molecular flexibility index (Phi) is 4.93. The molecule has 1 aromatic rings. The maximum absolute atomic E-state index is 14.0. The quantitative estimate of drug-likeness (QED) is 0.860. The van der Waals surface area contributed by atoms with Gasteiger partial charge in [-0.25, -0.2) is 17.2 Å². The van der Waals surface area contributed by atoms with Crippen LogP contribution in [0.25, 0.3) is 0 Å². The second-order valence-corrected chi connectivity index (χ2v) is 6.53. The van der Waals surface area contributed by atoms with Gasteiger partial charge in [-0.2, -0.15) is 4.31 Å². The lowest BCUT2D eigenvalue weighted by molar-refractivity contribution is 0.305. The molecule has 1 aliphatic rings. The zero-order valence-electron chi connectivity index (χ0n) is 11.3. The van der Waals surface area contributed by atoms with Crippen LogP contribution in [0.15, 0.2) is 17.0 Å². The first kappa shape index (κ1) is 15.9. The molecule has 0 radical (unpaired) electrons. The Bertz CT molecular complexity index is 686. The molecule has 0 aromatic heterocycles. The number of halogens is 2. The van der Waals surface area contributed by atoms with Crippen molar-refractivity contribution >= 4 is 10.0 Å². The van der Waals surface area contributed by atoms with Gasteiger partial charge in [0.05, 0.1) is 12.2 Å². The van der Waals surface area contributed by atoms with E-state index < -0.39 is 26.6 Å². The van der Waals surface area contributed by atoms with Gasteiger partial charge in [0.15, 0.2) is 0 Å². The molecule has 0 saturated carbocycles. The van der Waals surface area contributed by atoms with E-state index in [0.717, 1.165) is 6.07 Å². The predicted octanol–water partition coefficient (Wildman–Crippen LogP) is 1.48. The lowest BCUT2D eigenvalue weighted by Crippen LogP contribution is -2.29. The first-order valence-electron chi connectivity index (χ1n) is 6.55. The minimum absolute atomic E-state index is 0.0985. The van der Waals surface area contributed by atoms with Crippen LogP contribution in [0.3, 0.4) is 0 Å². The smallest absolute Gasteiger partial charge is 0.247 e.